The SMILES string of the molecule is C=CC(=C)C.C=CC=C.C=Cc1ccccc1.O=S(=O)([O-])C=Cc1ccccc1.[H-].[Na+].[Na+]. The molecule has 0 saturated carbocycles. The zero-order chi connectivity index (χ0) is 22.5. The first-order valence-electron chi connectivity index (χ1n) is 8.58. The van der Waals surface area contributed by atoms with Crippen molar-refractivity contribution in [2.24, 2.45) is 0 Å². The Hall–Kier alpha value is -1.21. The van der Waals surface area contributed by atoms with E-state index in [9.17, 15) is 13.0 Å². The largest absolute Gasteiger partial charge is 1.00 e. The van der Waals surface area contributed by atoms with Gasteiger partial charge in [0, 0.05) is 5.41 Å². The molecule has 0 unspecified atom stereocenters. The van der Waals surface area contributed by atoms with Crippen molar-refractivity contribution < 1.29 is 73.5 Å². The van der Waals surface area contributed by atoms with Crippen LogP contribution >= 0.6 is 0 Å². The summed E-state index contributed by atoms with van der Waals surface area (Å²) >= 11 is 0. The molecule has 31 heavy (non-hydrogen) atoms. The van der Waals surface area contributed by atoms with Gasteiger partial charge in [0.25, 0.3) is 0 Å². The van der Waals surface area contributed by atoms with E-state index < -0.39 is 10.1 Å². The average molecular weight is 457 g/mol. The van der Waals surface area contributed by atoms with E-state index in [1.54, 1.807) is 42.5 Å². The van der Waals surface area contributed by atoms with Crippen LogP contribution in [0.5, 0.6) is 0 Å². The summed E-state index contributed by atoms with van der Waals surface area (Å²) in [6.45, 7) is 19.3. The second-order valence-corrected chi connectivity index (χ2v) is 6.60. The fourth-order valence-electron chi connectivity index (χ4n) is 1.32. The molecule has 0 saturated heterocycles. The van der Waals surface area contributed by atoms with Crippen LogP contribution in [0.25, 0.3) is 12.2 Å². The van der Waals surface area contributed by atoms with Crippen molar-refractivity contribution in [1.29, 1.82) is 0 Å². The van der Waals surface area contributed by atoms with Crippen molar-refractivity contribution in [1.82, 2.24) is 0 Å². The first-order chi connectivity index (χ1) is 13.7. The number of allylic oxidation sites excluding steroid dienone is 4. The molecule has 0 amide bonds. The van der Waals surface area contributed by atoms with Crippen LogP contribution in [-0.2, 0) is 10.1 Å². The molecule has 0 N–H and O–H groups in total. The van der Waals surface area contributed by atoms with Gasteiger partial charge in [-0.3, -0.25) is 0 Å². The van der Waals surface area contributed by atoms with E-state index in [1.165, 1.54) is 11.6 Å². The first kappa shape index (κ1) is 37.1. The third-order valence-corrected chi connectivity index (χ3v) is 3.25. The predicted molar refractivity (Wildman–Crippen MR) is 128 cm³/mol. The van der Waals surface area contributed by atoms with Crippen LogP contribution < -0.4 is 59.1 Å². The van der Waals surface area contributed by atoms with Crippen molar-refractivity contribution in [3.05, 3.63) is 134 Å². The maximum Gasteiger partial charge on any atom is 1.00 e. The van der Waals surface area contributed by atoms with Gasteiger partial charge < -0.3 is 5.98 Å². The molecule has 0 bridgehead atoms. The van der Waals surface area contributed by atoms with Gasteiger partial charge in [-0.1, -0.05) is 123 Å². The summed E-state index contributed by atoms with van der Waals surface area (Å²) in [5.74, 6) is 0. The standard InChI is InChI=1S/C8H8O3S.C8H8.C5H8.C4H6.2Na.H/c9-12(10,11)7-6-8-4-2-1-3-5-8;1-2-8-6-4-3-5-7-8;1-4-5(2)3;1-3-4-2;;;/h1-7H,(H,9,10,11);2-7H,1H2;4H,1-2H2,3H3;3-4H,1-2H2;;;/q;;;;2*+1;-1/p-1. The van der Waals surface area contributed by atoms with Gasteiger partial charge in [-0.05, 0) is 24.1 Å². The van der Waals surface area contributed by atoms with Crippen LogP contribution in [0.15, 0.2) is 123 Å². The molecule has 0 aliphatic carbocycles. The molecule has 2 rings (SSSR count). The molecule has 0 aliphatic rings. The van der Waals surface area contributed by atoms with Crippen molar-refractivity contribution in [2.75, 3.05) is 0 Å². The van der Waals surface area contributed by atoms with E-state index in [0.717, 1.165) is 5.57 Å². The fourth-order valence-corrected chi connectivity index (χ4v) is 1.64. The molecule has 2 aromatic carbocycles. The van der Waals surface area contributed by atoms with E-state index in [1.807, 2.05) is 49.4 Å². The molecule has 0 atom stereocenters. The molecule has 0 heterocycles. The Morgan fingerprint density at radius 2 is 1.19 bits per heavy atom. The quantitative estimate of drug-likeness (QED) is 0.379. The van der Waals surface area contributed by atoms with E-state index in [0.29, 0.717) is 11.0 Å². The third-order valence-electron chi connectivity index (χ3n) is 2.78. The number of benzene rings is 2. The van der Waals surface area contributed by atoms with Crippen LogP contribution in [-0.4, -0.2) is 13.0 Å². The summed E-state index contributed by atoms with van der Waals surface area (Å²) in [6, 6.07) is 18.8. The molecule has 0 aliphatic heterocycles. The van der Waals surface area contributed by atoms with Crippen molar-refractivity contribution >= 4 is 22.3 Å². The predicted octanol–water partition coefficient (Wildman–Crippen LogP) is 0.760. The normalized spacial score (nSPS) is 8.58. The van der Waals surface area contributed by atoms with Gasteiger partial charge in [0.2, 0.25) is 0 Å². The molecule has 6 heteroatoms. The minimum Gasteiger partial charge on any atom is -1.00 e. The molecular formula is C25H30Na2O3S. The number of hydrogen-bond donors (Lipinski definition) is 0. The fraction of sp³-hybridized carbons (Fsp3) is 0.0400. The monoisotopic (exact) mass is 456 g/mol. The van der Waals surface area contributed by atoms with Gasteiger partial charge in [0.1, 0.15) is 10.1 Å². The summed E-state index contributed by atoms with van der Waals surface area (Å²) in [6.07, 6.45) is 8.10. The van der Waals surface area contributed by atoms with E-state index in [2.05, 4.69) is 32.9 Å². The summed E-state index contributed by atoms with van der Waals surface area (Å²) in [7, 11) is -4.25. The zero-order valence-electron chi connectivity index (χ0n) is 19.9. The van der Waals surface area contributed by atoms with Crippen LogP contribution in [0.3, 0.4) is 0 Å². The Morgan fingerprint density at radius 3 is 1.42 bits per heavy atom. The Morgan fingerprint density at radius 1 is 0.839 bits per heavy atom. The minimum absolute atomic E-state index is 0. The Kier molecular flexibility index (Phi) is 30.0. The van der Waals surface area contributed by atoms with Crippen molar-refractivity contribution in [2.45, 2.75) is 6.92 Å². The van der Waals surface area contributed by atoms with Crippen LogP contribution in [0.4, 0.5) is 0 Å². The maximum atomic E-state index is 10.2. The van der Waals surface area contributed by atoms with E-state index in [-0.39, 0.29) is 60.5 Å². The van der Waals surface area contributed by atoms with Crippen molar-refractivity contribution in [3.8, 4) is 0 Å². The van der Waals surface area contributed by atoms with Crippen LogP contribution in [0.2, 0.25) is 0 Å². The molecule has 3 nitrogen and oxygen atoms in total. The van der Waals surface area contributed by atoms with Crippen LogP contribution in [0.1, 0.15) is 19.5 Å². The summed E-state index contributed by atoms with van der Waals surface area (Å²) in [5.41, 5.74) is 2.88. The van der Waals surface area contributed by atoms with Crippen LogP contribution in [0, 0.1) is 0 Å². The molecule has 0 spiro atoms. The minimum atomic E-state index is -4.25. The molecule has 2 aromatic rings. The summed E-state index contributed by atoms with van der Waals surface area (Å²) in [5, 5.41) is 0.641. The third kappa shape index (κ3) is 31.1. The molecule has 0 aromatic heterocycles. The van der Waals surface area contributed by atoms with Gasteiger partial charge in [0.05, 0.1) is 0 Å². The summed E-state index contributed by atoms with van der Waals surface area (Å²) in [4.78, 5) is 0. The molecule has 0 radical (unpaired) electrons. The second-order valence-electron chi connectivity index (χ2n) is 5.34. The number of hydrogen-bond acceptors (Lipinski definition) is 3. The second kappa shape index (κ2) is 25.1. The van der Waals surface area contributed by atoms with Crippen molar-refractivity contribution in [3.63, 3.8) is 0 Å². The van der Waals surface area contributed by atoms with Gasteiger partial charge >= 0.3 is 59.1 Å². The topological polar surface area (TPSA) is 57.2 Å². The summed E-state index contributed by atoms with van der Waals surface area (Å²) < 4.78 is 30.5. The molecular weight excluding hydrogens is 426 g/mol. The Labute approximate surface area is 234 Å². The Balaban J connectivity index is -0.000000107. The first-order valence-corrected chi connectivity index (χ1v) is 10.0. The van der Waals surface area contributed by atoms with E-state index >= 15 is 0 Å². The Bertz CT molecular complexity index is 874. The van der Waals surface area contributed by atoms with Gasteiger partial charge in [-0.2, -0.15) is 0 Å². The maximum absolute atomic E-state index is 10.2. The smallest absolute Gasteiger partial charge is 1.00 e. The zero-order valence-corrected chi connectivity index (χ0v) is 23.7. The molecule has 156 valence electrons. The van der Waals surface area contributed by atoms with Gasteiger partial charge in [0.15, 0.2) is 0 Å². The average Bonchev–Trinajstić information content (AvgIpc) is 2.74. The van der Waals surface area contributed by atoms with Gasteiger partial charge in [-0.15, -0.1) is 0 Å². The van der Waals surface area contributed by atoms with E-state index in [4.69, 9.17) is 0 Å². The number of rotatable bonds is 5. The molecule has 0 fully saturated rings. The van der Waals surface area contributed by atoms with Gasteiger partial charge in [-0.25, -0.2) is 8.42 Å².